The molecule has 1 aromatic carbocycles. The molecule has 1 saturated carbocycles. The summed E-state index contributed by atoms with van der Waals surface area (Å²) in [6.45, 7) is 2.34. The van der Waals surface area contributed by atoms with Gasteiger partial charge in [-0.15, -0.1) is 0 Å². The van der Waals surface area contributed by atoms with Gasteiger partial charge >= 0.3 is 0 Å². The molecular weight excluding hydrogens is 372 g/mol. The molecule has 7 nitrogen and oxygen atoms in total. The van der Waals surface area contributed by atoms with Crippen molar-refractivity contribution in [1.82, 2.24) is 10.3 Å². The minimum Gasteiger partial charge on any atom is -0.493 e. The smallest absolute Gasteiger partial charge is 0.256 e. The Morgan fingerprint density at radius 1 is 1.07 bits per heavy atom. The summed E-state index contributed by atoms with van der Waals surface area (Å²) in [6.07, 6.45) is 5.06. The molecule has 0 spiro atoms. The number of hydrogen-bond acceptors (Lipinski definition) is 6. The number of carbonyl (C=O) groups is 1. The fourth-order valence-electron chi connectivity index (χ4n) is 3.53. The summed E-state index contributed by atoms with van der Waals surface area (Å²) in [7, 11) is 3.21. The predicted octanol–water partition coefficient (Wildman–Crippen LogP) is 3.62. The molecule has 1 aliphatic carbocycles. The van der Waals surface area contributed by atoms with Crippen molar-refractivity contribution >= 4 is 5.91 Å². The number of methoxy groups -OCH3 is 2. The minimum absolute atomic E-state index is 0.0709. The van der Waals surface area contributed by atoms with E-state index in [1.165, 1.54) is 0 Å². The van der Waals surface area contributed by atoms with Crippen LogP contribution in [-0.4, -0.2) is 43.9 Å². The maximum absolute atomic E-state index is 12.6. The Balaban J connectivity index is 1.56. The fourth-order valence-corrected chi connectivity index (χ4v) is 3.53. The molecule has 2 aromatic rings. The van der Waals surface area contributed by atoms with Crippen molar-refractivity contribution in [3.63, 3.8) is 0 Å². The molecule has 0 bridgehead atoms. The van der Waals surface area contributed by atoms with Crippen molar-refractivity contribution in [3.8, 4) is 23.1 Å². The van der Waals surface area contributed by atoms with Gasteiger partial charge in [-0.25, -0.2) is 4.98 Å². The molecule has 0 aliphatic heterocycles. The Morgan fingerprint density at radius 3 is 2.52 bits per heavy atom. The number of para-hydroxylation sites is 1. The topological polar surface area (TPSA) is 78.9 Å². The lowest BCUT2D eigenvalue weighted by Crippen LogP contribution is -2.39. The Labute approximate surface area is 171 Å². The second kappa shape index (κ2) is 10.0. The first-order valence-electron chi connectivity index (χ1n) is 9.92. The van der Waals surface area contributed by atoms with Gasteiger partial charge in [0.05, 0.1) is 26.9 Å². The second-order valence-corrected chi connectivity index (χ2v) is 6.85. The Bertz CT molecular complexity index is 819. The maximum atomic E-state index is 12.6. The van der Waals surface area contributed by atoms with Crippen molar-refractivity contribution < 1.29 is 23.7 Å². The highest BCUT2D eigenvalue weighted by molar-refractivity contribution is 5.96. The van der Waals surface area contributed by atoms with Crippen LogP contribution in [0.1, 0.15) is 43.0 Å². The summed E-state index contributed by atoms with van der Waals surface area (Å²) < 4.78 is 22.4. The van der Waals surface area contributed by atoms with E-state index < -0.39 is 0 Å². The highest BCUT2D eigenvalue weighted by Crippen LogP contribution is 2.38. The van der Waals surface area contributed by atoms with Crippen molar-refractivity contribution in [2.24, 2.45) is 0 Å². The van der Waals surface area contributed by atoms with E-state index >= 15 is 0 Å². The average Bonchev–Trinajstić information content (AvgIpc) is 2.75. The minimum atomic E-state index is -0.152. The van der Waals surface area contributed by atoms with Gasteiger partial charge in [0, 0.05) is 12.2 Å². The first kappa shape index (κ1) is 20.8. The fraction of sp³-hybridized carbons (Fsp3) is 0.455. The van der Waals surface area contributed by atoms with E-state index in [1.54, 1.807) is 32.5 Å². The van der Waals surface area contributed by atoms with Gasteiger partial charge in [0.15, 0.2) is 11.5 Å². The molecule has 1 amide bonds. The molecule has 1 heterocycles. The monoisotopic (exact) mass is 400 g/mol. The van der Waals surface area contributed by atoms with Crippen LogP contribution in [0, 0.1) is 0 Å². The Morgan fingerprint density at radius 2 is 1.83 bits per heavy atom. The number of hydrogen-bond donors (Lipinski definition) is 1. The van der Waals surface area contributed by atoms with Crippen LogP contribution in [0.15, 0.2) is 36.5 Å². The molecule has 1 aliphatic rings. The summed E-state index contributed by atoms with van der Waals surface area (Å²) in [4.78, 5) is 16.8. The lowest BCUT2D eigenvalue weighted by atomic mass is 9.92. The molecule has 0 unspecified atom stereocenters. The largest absolute Gasteiger partial charge is 0.493 e. The van der Waals surface area contributed by atoms with Gasteiger partial charge in [-0.05, 0) is 56.9 Å². The van der Waals surface area contributed by atoms with E-state index in [2.05, 4.69) is 10.3 Å². The number of nitrogens with zero attached hydrogens (tertiary/aromatic N) is 1. The summed E-state index contributed by atoms with van der Waals surface area (Å²) in [5.41, 5.74) is 0.467. The lowest BCUT2D eigenvalue weighted by Gasteiger charge is -2.30. The van der Waals surface area contributed by atoms with Gasteiger partial charge in [0.1, 0.15) is 5.56 Å². The molecule has 1 aromatic heterocycles. The van der Waals surface area contributed by atoms with Gasteiger partial charge in [-0.2, -0.15) is 0 Å². The van der Waals surface area contributed by atoms with E-state index in [4.69, 9.17) is 18.9 Å². The van der Waals surface area contributed by atoms with Gasteiger partial charge in [-0.1, -0.05) is 6.07 Å². The molecule has 0 saturated heterocycles. The number of nitrogens with one attached hydrogen (secondary N) is 1. The van der Waals surface area contributed by atoms with Gasteiger partial charge < -0.3 is 24.3 Å². The quantitative estimate of drug-likeness (QED) is 0.729. The van der Waals surface area contributed by atoms with E-state index in [0.717, 1.165) is 25.7 Å². The van der Waals surface area contributed by atoms with Crippen LogP contribution in [0.2, 0.25) is 0 Å². The van der Waals surface area contributed by atoms with E-state index in [0.29, 0.717) is 35.3 Å². The van der Waals surface area contributed by atoms with E-state index in [1.807, 2.05) is 25.1 Å². The first-order valence-corrected chi connectivity index (χ1v) is 9.92. The molecule has 0 radical (unpaired) electrons. The molecule has 1 N–H and O–H groups in total. The molecule has 0 atom stereocenters. The van der Waals surface area contributed by atoms with Crippen LogP contribution in [0.25, 0.3) is 0 Å². The number of benzene rings is 1. The Kier molecular flexibility index (Phi) is 7.16. The van der Waals surface area contributed by atoms with Crippen LogP contribution >= 0.6 is 0 Å². The lowest BCUT2D eigenvalue weighted by molar-refractivity contribution is 0.0887. The number of ether oxygens (including phenoxy) is 4. The zero-order chi connectivity index (χ0) is 20.6. The standard InChI is InChI=1S/C22H28N2O5/c1-4-28-22-17(7-6-14-23-22)21(25)24-15-10-12-16(13-11-15)29-19-9-5-8-18(26-2)20(19)27-3/h5-9,14-16H,4,10-13H2,1-3H3,(H,24,25). The summed E-state index contributed by atoms with van der Waals surface area (Å²) >= 11 is 0. The van der Waals surface area contributed by atoms with Gasteiger partial charge in [0.25, 0.3) is 5.91 Å². The van der Waals surface area contributed by atoms with Crippen molar-refractivity contribution in [1.29, 1.82) is 0 Å². The van der Waals surface area contributed by atoms with Crippen molar-refractivity contribution in [3.05, 3.63) is 42.1 Å². The number of carbonyl (C=O) groups excluding carboxylic acids is 1. The molecule has 29 heavy (non-hydrogen) atoms. The molecule has 7 heteroatoms. The number of rotatable bonds is 8. The molecular formula is C22H28N2O5. The average molecular weight is 400 g/mol. The zero-order valence-electron chi connectivity index (χ0n) is 17.1. The SMILES string of the molecule is CCOc1ncccc1C(=O)NC1CCC(Oc2cccc(OC)c2OC)CC1. The molecule has 1 fully saturated rings. The van der Waals surface area contributed by atoms with Crippen LogP contribution in [0.4, 0.5) is 0 Å². The summed E-state index contributed by atoms with van der Waals surface area (Å²) in [5.74, 6) is 2.14. The van der Waals surface area contributed by atoms with Crippen LogP contribution in [-0.2, 0) is 0 Å². The number of amides is 1. The van der Waals surface area contributed by atoms with Crippen molar-refractivity contribution in [2.75, 3.05) is 20.8 Å². The summed E-state index contributed by atoms with van der Waals surface area (Å²) in [6, 6.07) is 9.18. The third kappa shape index (κ3) is 5.10. The Hall–Kier alpha value is -2.96. The van der Waals surface area contributed by atoms with Crippen molar-refractivity contribution in [2.45, 2.75) is 44.8 Å². The first-order chi connectivity index (χ1) is 14.2. The zero-order valence-corrected chi connectivity index (χ0v) is 17.1. The summed E-state index contributed by atoms with van der Waals surface area (Å²) in [5, 5.41) is 3.10. The highest BCUT2D eigenvalue weighted by Gasteiger charge is 2.26. The third-order valence-corrected chi connectivity index (χ3v) is 4.97. The number of aromatic nitrogens is 1. The normalized spacial score (nSPS) is 18.6. The van der Waals surface area contributed by atoms with Crippen LogP contribution in [0.5, 0.6) is 23.1 Å². The van der Waals surface area contributed by atoms with Gasteiger partial charge in [-0.3, -0.25) is 4.79 Å². The van der Waals surface area contributed by atoms with E-state index in [9.17, 15) is 4.79 Å². The number of pyridine rings is 1. The predicted molar refractivity (Wildman–Crippen MR) is 109 cm³/mol. The molecule has 156 valence electrons. The molecule has 3 rings (SSSR count). The van der Waals surface area contributed by atoms with E-state index in [-0.39, 0.29) is 18.1 Å². The van der Waals surface area contributed by atoms with Crippen LogP contribution in [0.3, 0.4) is 0 Å². The maximum Gasteiger partial charge on any atom is 0.256 e. The van der Waals surface area contributed by atoms with Crippen LogP contribution < -0.4 is 24.3 Å². The third-order valence-electron chi connectivity index (χ3n) is 4.97. The highest BCUT2D eigenvalue weighted by atomic mass is 16.5. The second-order valence-electron chi connectivity index (χ2n) is 6.85. The van der Waals surface area contributed by atoms with Gasteiger partial charge in [0.2, 0.25) is 11.6 Å².